The van der Waals surface area contributed by atoms with Crippen LogP contribution in [0.2, 0.25) is 0 Å². The Bertz CT molecular complexity index is 3440. The first-order chi connectivity index (χ1) is 29.9. The van der Waals surface area contributed by atoms with Gasteiger partial charge >= 0.3 is 0 Å². The molecule has 63 heavy (non-hydrogen) atoms. The number of hydrogen-bond donors (Lipinski definition) is 12. The number of hydrogen-bond acceptors (Lipinski definition) is 18. The van der Waals surface area contributed by atoms with E-state index in [0.717, 1.165) is 66.7 Å². The molecule has 0 aliphatic heterocycles. The number of aromatic hydroxyl groups is 8. The molecule has 4 aromatic carbocycles. The Morgan fingerprint density at radius 3 is 1.95 bits per heavy atom. The molecule has 7 aromatic rings. The highest BCUT2D eigenvalue weighted by atomic mass is 16.4. The molecule has 18 heteroatoms. The molecule has 0 fully saturated rings. The van der Waals surface area contributed by atoms with Gasteiger partial charge in [-0.25, -0.2) is 0 Å². The lowest BCUT2D eigenvalue weighted by Gasteiger charge is -2.26. The van der Waals surface area contributed by atoms with Gasteiger partial charge in [-0.3, -0.25) is 14.4 Å². The summed E-state index contributed by atoms with van der Waals surface area (Å²) in [4.78, 5) is 40.2. The third kappa shape index (κ3) is 6.40. The van der Waals surface area contributed by atoms with E-state index >= 15 is 0 Å². The van der Waals surface area contributed by atoms with Crippen molar-refractivity contribution in [3.63, 3.8) is 0 Å². The monoisotopic (exact) mass is 858 g/mol. The second kappa shape index (κ2) is 14.3. The lowest BCUT2D eigenvalue weighted by molar-refractivity contribution is 0.137. The van der Waals surface area contributed by atoms with Gasteiger partial charge in [0.1, 0.15) is 79.8 Å². The summed E-state index contributed by atoms with van der Waals surface area (Å²) in [6.45, 7) is 0. The molecule has 2 aliphatic rings. The van der Waals surface area contributed by atoms with Gasteiger partial charge < -0.3 is 74.5 Å². The molecule has 0 spiro atoms. The van der Waals surface area contributed by atoms with Crippen molar-refractivity contribution in [1.82, 2.24) is 0 Å². The zero-order chi connectivity index (χ0) is 44.9. The van der Waals surface area contributed by atoms with Gasteiger partial charge in [-0.05, 0) is 36.4 Å². The van der Waals surface area contributed by atoms with Gasteiger partial charge in [0, 0.05) is 76.6 Å². The van der Waals surface area contributed by atoms with Gasteiger partial charge in [-0.1, -0.05) is 6.08 Å². The van der Waals surface area contributed by atoms with Crippen LogP contribution in [0.3, 0.4) is 0 Å². The fourth-order valence-electron chi connectivity index (χ4n) is 7.88. The van der Waals surface area contributed by atoms with E-state index in [1.807, 2.05) is 0 Å². The number of benzene rings is 4. The van der Waals surface area contributed by atoms with Crippen LogP contribution in [0.25, 0.3) is 67.4 Å². The first kappa shape index (κ1) is 39.8. The van der Waals surface area contributed by atoms with E-state index < -0.39 is 119 Å². The second-order valence-corrected chi connectivity index (χ2v) is 14.8. The van der Waals surface area contributed by atoms with Gasteiger partial charge in [-0.15, -0.1) is 0 Å². The second-order valence-electron chi connectivity index (χ2n) is 14.8. The Hall–Kier alpha value is -8.61. The molecule has 0 saturated heterocycles. The fraction of sp³-hybridized carbons (Fsp3) is 0.0889. The molecule has 3 aromatic heterocycles. The number of aliphatic hydroxyl groups is 4. The van der Waals surface area contributed by atoms with Gasteiger partial charge in [-0.2, -0.15) is 0 Å². The summed E-state index contributed by atoms with van der Waals surface area (Å²) in [6.07, 6.45) is -0.00340. The van der Waals surface area contributed by atoms with Crippen LogP contribution in [-0.2, 0) is 0 Å². The Balaban J connectivity index is 1.19. The van der Waals surface area contributed by atoms with Gasteiger partial charge in [0.05, 0.1) is 23.0 Å². The van der Waals surface area contributed by atoms with E-state index in [1.165, 1.54) is 12.1 Å². The van der Waals surface area contributed by atoms with Crippen LogP contribution >= 0.6 is 0 Å². The number of phenolic OH excluding ortho intramolecular Hbond substituents is 8. The molecule has 12 N–H and O–H groups in total. The molecule has 9 rings (SSSR count). The summed E-state index contributed by atoms with van der Waals surface area (Å²) >= 11 is 0. The minimum atomic E-state index is -1.85. The summed E-state index contributed by atoms with van der Waals surface area (Å²) < 4.78 is 17.7. The topological polar surface area (TPSA) is 333 Å². The van der Waals surface area contributed by atoms with Crippen LogP contribution in [0.4, 0.5) is 0 Å². The lowest BCUT2D eigenvalue weighted by Crippen LogP contribution is -2.24. The molecule has 318 valence electrons. The SMILES string of the molecule is O=c1cc(C2=CC(c3c(O)cc(O)c4c(=O)cc(-c5cc(O)c(O)c(-c6c(O)cc7oc(-c8ccc(O)c(O)c8)cc(=O)c7c6O)c5)oc34)C(O)C(O)=C2)oc2c1C(O)CC(O)=C2. The van der Waals surface area contributed by atoms with Gasteiger partial charge in [0.25, 0.3) is 0 Å². The average Bonchev–Trinajstić information content (AvgIpc) is 3.20. The Morgan fingerprint density at radius 1 is 0.540 bits per heavy atom. The van der Waals surface area contributed by atoms with Crippen LogP contribution in [-0.4, -0.2) is 67.4 Å². The third-order valence-corrected chi connectivity index (χ3v) is 10.8. The third-order valence-electron chi connectivity index (χ3n) is 10.8. The maximum Gasteiger partial charge on any atom is 0.197 e. The molecule has 2 aliphatic carbocycles. The van der Waals surface area contributed by atoms with Crippen LogP contribution in [0.15, 0.2) is 112 Å². The Labute approximate surface area is 349 Å². The Kier molecular flexibility index (Phi) is 9.01. The summed E-state index contributed by atoms with van der Waals surface area (Å²) in [5.74, 6) is -9.38. The van der Waals surface area contributed by atoms with E-state index in [2.05, 4.69) is 0 Å². The van der Waals surface area contributed by atoms with E-state index in [0.29, 0.717) is 0 Å². The highest BCUT2D eigenvalue weighted by Crippen LogP contribution is 2.50. The quantitative estimate of drug-likeness (QED) is 0.0907. The summed E-state index contributed by atoms with van der Waals surface area (Å²) in [7, 11) is 0. The van der Waals surface area contributed by atoms with Crippen molar-refractivity contribution in [2.75, 3.05) is 0 Å². The standard InChI is InChI=1S/C45H30O18/c46-18-8-23(49)39-27(53)11-33(62-35(39)9-18)16-4-20(43(59)31(57)6-16)38-24(50)10-25(51)40-28(54)12-34(63-45(38)40)17-3-19(42(58)30(56)7-17)37-26(52)14-36-41(44(37)60)29(55)13-32(61-36)15-1-2-21(47)22(48)5-15/h1-7,9-14,20,23,43,46-52,56-60H,8H2. The van der Waals surface area contributed by atoms with Crippen molar-refractivity contribution in [2.45, 2.75) is 24.5 Å². The normalized spacial score (nSPS) is 17.3. The predicted octanol–water partition coefficient (Wildman–Crippen LogP) is 5.82. The molecule has 3 heterocycles. The van der Waals surface area contributed by atoms with Crippen molar-refractivity contribution in [3.05, 3.63) is 138 Å². The number of aliphatic hydroxyl groups excluding tert-OH is 4. The van der Waals surface area contributed by atoms with E-state index in [9.17, 15) is 75.7 Å². The zero-order valence-electron chi connectivity index (χ0n) is 31.8. The van der Waals surface area contributed by atoms with Gasteiger partial charge in [0.15, 0.2) is 39.3 Å². The molecule has 0 amide bonds. The summed E-state index contributed by atoms with van der Waals surface area (Å²) in [5, 5.41) is 128. The maximum atomic E-state index is 13.8. The number of fused-ring (bicyclic) bond motifs is 3. The lowest BCUT2D eigenvalue weighted by atomic mass is 9.84. The van der Waals surface area contributed by atoms with E-state index in [4.69, 9.17) is 13.3 Å². The minimum absolute atomic E-state index is 0.0391. The molecule has 18 nitrogen and oxygen atoms in total. The predicted molar refractivity (Wildman–Crippen MR) is 221 cm³/mol. The molecule has 0 bridgehead atoms. The molecule has 3 unspecified atom stereocenters. The van der Waals surface area contributed by atoms with Crippen LogP contribution in [0.5, 0.6) is 46.0 Å². The van der Waals surface area contributed by atoms with Crippen molar-refractivity contribution >= 4 is 33.6 Å². The maximum absolute atomic E-state index is 13.8. The highest BCUT2D eigenvalue weighted by Gasteiger charge is 2.35. The van der Waals surface area contributed by atoms with Gasteiger partial charge in [0.2, 0.25) is 0 Å². The van der Waals surface area contributed by atoms with Crippen molar-refractivity contribution in [3.8, 4) is 79.8 Å². The molecular weight excluding hydrogens is 828 g/mol. The molecule has 0 radical (unpaired) electrons. The molecule has 3 atom stereocenters. The zero-order valence-corrected chi connectivity index (χ0v) is 31.8. The van der Waals surface area contributed by atoms with Crippen LogP contribution in [0.1, 0.15) is 41.1 Å². The summed E-state index contributed by atoms with van der Waals surface area (Å²) in [6, 6.07) is 10.1. The van der Waals surface area contributed by atoms with E-state index in [1.54, 1.807) is 0 Å². The number of phenols is 8. The molecule has 0 saturated carbocycles. The minimum Gasteiger partial charge on any atom is -0.512 e. The number of allylic oxidation sites excluding steroid dienone is 2. The average molecular weight is 859 g/mol. The molecular formula is C45H30O18. The smallest absolute Gasteiger partial charge is 0.197 e. The highest BCUT2D eigenvalue weighted by molar-refractivity contribution is 5.98. The van der Waals surface area contributed by atoms with Crippen LogP contribution in [0, 0.1) is 0 Å². The summed E-state index contributed by atoms with van der Waals surface area (Å²) in [5.41, 5.74) is -5.06. The first-order valence-electron chi connectivity index (χ1n) is 18.6. The number of rotatable bonds is 5. The Morgan fingerprint density at radius 2 is 1.22 bits per heavy atom. The van der Waals surface area contributed by atoms with Crippen molar-refractivity contribution in [2.24, 2.45) is 0 Å². The van der Waals surface area contributed by atoms with E-state index in [-0.39, 0.29) is 62.9 Å². The van der Waals surface area contributed by atoms with Crippen molar-refractivity contribution < 1.29 is 74.5 Å². The fourth-order valence-corrected chi connectivity index (χ4v) is 7.88. The first-order valence-corrected chi connectivity index (χ1v) is 18.6. The van der Waals surface area contributed by atoms with Crippen LogP contribution < -0.4 is 16.3 Å². The largest absolute Gasteiger partial charge is 0.512 e. The van der Waals surface area contributed by atoms with Crippen molar-refractivity contribution in [1.29, 1.82) is 0 Å².